The van der Waals surface area contributed by atoms with Crippen molar-refractivity contribution in [2.24, 2.45) is 0 Å². The van der Waals surface area contributed by atoms with Crippen LogP contribution in [0.25, 0.3) is 0 Å². The van der Waals surface area contributed by atoms with Crippen molar-refractivity contribution in [3.05, 3.63) is 17.2 Å². The molecule has 0 aromatic carbocycles. The highest BCUT2D eigenvalue weighted by Crippen LogP contribution is 2.10. The van der Waals surface area contributed by atoms with Crippen LogP contribution in [0.1, 0.15) is 37.5 Å². The number of nitrogens with zero attached hydrogens (tertiary/aromatic N) is 4. The van der Waals surface area contributed by atoms with Gasteiger partial charge in [-0.15, -0.1) is 0 Å². The van der Waals surface area contributed by atoms with E-state index in [0.29, 0.717) is 24.7 Å². The topological polar surface area (TPSA) is 74.6 Å². The third kappa shape index (κ3) is 3.30. The van der Waals surface area contributed by atoms with Crippen molar-refractivity contribution in [2.75, 3.05) is 6.61 Å². The van der Waals surface area contributed by atoms with Gasteiger partial charge in [-0.3, -0.25) is 0 Å². The summed E-state index contributed by atoms with van der Waals surface area (Å²) in [5.41, 5.74) is 0.546. The van der Waals surface area contributed by atoms with Crippen molar-refractivity contribution in [3.63, 3.8) is 0 Å². The summed E-state index contributed by atoms with van der Waals surface area (Å²) in [6.45, 7) is 7.05. The highest BCUT2D eigenvalue weighted by molar-refractivity contribution is 5.37. The smallest absolute Gasteiger partial charge is 0.177 e. The second kappa shape index (κ2) is 6.03. The van der Waals surface area contributed by atoms with Crippen molar-refractivity contribution >= 4 is 0 Å². The molecule has 0 N–H and O–H groups in total. The van der Waals surface area contributed by atoms with Gasteiger partial charge in [-0.1, -0.05) is 0 Å². The van der Waals surface area contributed by atoms with Crippen molar-refractivity contribution < 1.29 is 4.74 Å². The van der Waals surface area contributed by atoms with Crippen molar-refractivity contribution in [1.29, 1.82) is 10.5 Å². The van der Waals surface area contributed by atoms with E-state index < -0.39 is 0 Å². The quantitative estimate of drug-likeness (QED) is 0.725. The van der Waals surface area contributed by atoms with E-state index in [9.17, 15) is 0 Å². The molecule has 5 heteroatoms. The normalized spacial score (nSPS) is 10.2. The molecule has 0 atom stereocenters. The molecule has 0 aliphatic rings. The van der Waals surface area contributed by atoms with Crippen LogP contribution < -0.4 is 0 Å². The summed E-state index contributed by atoms with van der Waals surface area (Å²) in [4.78, 5) is 4.05. The third-order valence-electron chi connectivity index (χ3n) is 2.35. The maximum Gasteiger partial charge on any atom is 0.177 e. The van der Waals surface area contributed by atoms with Crippen LogP contribution in [0.2, 0.25) is 0 Å². The summed E-state index contributed by atoms with van der Waals surface area (Å²) in [5.74, 6) is 0.697. The van der Waals surface area contributed by atoms with Gasteiger partial charge in [0, 0.05) is 13.2 Å². The Labute approximate surface area is 101 Å². The van der Waals surface area contributed by atoms with Crippen molar-refractivity contribution in [3.8, 4) is 12.1 Å². The average molecular weight is 232 g/mol. The fraction of sp³-hybridized carbons (Fsp3) is 0.583. The molecule has 0 bridgehead atoms. The Morgan fingerprint density at radius 2 is 2.06 bits per heavy atom. The van der Waals surface area contributed by atoms with E-state index in [1.165, 1.54) is 0 Å². The molecule has 1 rings (SSSR count). The minimum Gasteiger partial charge on any atom is -0.379 e. The predicted molar refractivity (Wildman–Crippen MR) is 62.1 cm³/mol. The molecule has 0 aliphatic carbocycles. The highest BCUT2D eigenvalue weighted by Gasteiger charge is 2.13. The lowest BCUT2D eigenvalue weighted by Gasteiger charge is -2.09. The number of hydrogen-bond donors (Lipinski definition) is 0. The molecular formula is C12H16N4O. The number of rotatable bonds is 5. The first kappa shape index (κ1) is 13.2. The first-order chi connectivity index (χ1) is 8.10. The van der Waals surface area contributed by atoms with Crippen LogP contribution >= 0.6 is 0 Å². The highest BCUT2D eigenvalue weighted by atomic mass is 16.5. The Kier molecular flexibility index (Phi) is 4.68. The minimum absolute atomic E-state index is 0.203. The standard InChI is InChI=1S/C12H16N4O/c1-9(2)17-6-4-5-16-10(3)15-11(7-13)12(16)8-14/h9H,4-6H2,1-3H3. The molecule has 0 fully saturated rings. The Balaban J connectivity index is 2.69. The molecule has 0 unspecified atom stereocenters. The van der Waals surface area contributed by atoms with Gasteiger partial charge in [0.1, 0.15) is 18.0 Å². The minimum atomic E-state index is 0.203. The van der Waals surface area contributed by atoms with Crippen LogP contribution in [0.3, 0.4) is 0 Å². The molecule has 0 radical (unpaired) electrons. The van der Waals surface area contributed by atoms with E-state index in [1.54, 1.807) is 11.5 Å². The number of imidazole rings is 1. The van der Waals surface area contributed by atoms with Crippen LogP contribution in [0, 0.1) is 29.6 Å². The molecular weight excluding hydrogens is 216 g/mol. The number of nitriles is 2. The molecule has 1 aromatic heterocycles. The van der Waals surface area contributed by atoms with Crippen LogP contribution in [0.4, 0.5) is 0 Å². The molecule has 5 nitrogen and oxygen atoms in total. The fourth-order valence-electron chi connectivity index (χ4n) is 1.57. The molecule has 1 heterocycles. The summed E-state index contributed by atoms with van der Waals surface area (Å²) in [5, 5.41) is 17.8. The van der Waals surface area contributed by atoms with E-state index >= 15 is 0 Å². The molecule has 90 valence electrons. The summed E-state index contributed by atoms with van der Waals surface area (Å²) in [7, 11) is 0. The van der Waals surface area contributed by atoms with E-state index in [0.717, 1.165) is 6.42 Å². The lowest BCUT2D eigenvalue weighted by molar-refractivity contribution is 0.0747. The second-order valence-corrected chi connectivity index (χ2v) is 4.00. The summed E-state index contributed by atoms with van der Waals surface area (Å²) < 4.78 is 7.19. The maximum atomic E-state index is 9.00. The Morgan fingerprint density at radius 1 is 1.35 bits per heavy atom. The summed E-state index contributed by atoms with van der Waals surface area (Å²) in [6, 6.07) is 3.95. The third-order valence-corrected chi connectivity index (χ3v) is 2.35. The van der Waals surface area contributed by atoms with Gasteiger partial charge in [-0.05, 0) is 27.2 Å². The molecule has 17 heavy (non-hydrogen) atoms. The first-order valence-electron chi connectivity index (χ1n) is 5.59. The van der Waals surface area contributed by atoms with Crippen LogP contribution in [0.15, 0.2) is 0 Å². The van der Waals surface area contributed by atoms with Crippen LogP contribution in [-0.4, -0.2) is 22.3 Å². The number of hydrogen-bond acceptors (Lipinski definition) is 4. The van der Waals surface area contributed by atoms with Gasteiger partial charge >= 0.3 is 0 Å². The second-order valence-electron chi connectivity index (χ2n) is 4.00. The molecule has 1 aromatic rings. The van der Waals surface area contributed by atoms with Gasteiger partial charge in [-0.25, -0.2) is 4.98 Å². The first-order valence-corrected chi connectivity index (χ1v) is 5.59. The van der Waals surface area contributed by atoms with Crippen LogP contribution in [-0.2, 0) is 11.3 Å². The zero-order valence-electron chi connectivity index (χ0n) is 10.4. The summed E-state index contributed by atoms with van der Waals surface area (Å²) >= 11 is 0. The van der Waals surface area contributed by atoms with Gasteiger partial charge in [0.05, 0.1) is 6.10 Å². The molecule has 0 saturated carbocycles. The Morgan fingerprint density at radius 3 is 2.59 bits per heavy atom. The van der Waals surface area contributed by atoms with Gasteiger partial charge < -0.3 is 9.30 Å². The monoisotopic (exact) mass is 232 g/mol. The van der Waals surface area contributed by atoms with Gasteiger partial charge in [0.25, 0.3) is 0 Å². The zero-order valence-corrected chi connectivity index (χ0v) is 10.4. The summed E-state index contributed by atoms with van der Waals surface area (Å²) in [6.07, 6.45) is 1.01. The molecule has 0 saturated heterocycles. The lowest BCUT2D eigenvalue weighted by atomic mass is 10.3. The van der Waals surface area contributed by atoms with Gasteiger partial charge in [-0.2, -0.15) is 10.5 Å². The number of aromatic nitrogens is 2. The van der Waals surface area contributed by atoms with Crippen LogP contribution in [0.5, 0.6) is 0 Å². The van der Waals surface area contributed by atoms with E-state index in [2.05, 4.69) is 4.98 Å². The van der Waals surface area contributed by atoms with E-state index in [4.69, 9.17) is 15.3 Å². The average Bonchev–Trinajstić information content (AvgIpc) is 2.60. The van der Waals surface area contributed by atoms with Crippen molar-refractivity contribution in [1.82, 2.24) is 9.55 Å². The molecule has 0 amide bonds. The Bertz CT molecular complexity index is 462. The molecule has 0 spiro atoms. The number of aryl methyl sites for hydroxylation is 1. The fourth-order valence-corrected chi connectivity index (χ4v) is 1.57. The van der Waals surface area contributed by atoms with E-state index in [1.807, 2.05) is 26.0 Å². The van der Waals surface area contributed by atoms with Crippen molar-refractivity contribution in [2.45, 2.75) is 39.8 Å². The zero-order chi connectivity index (χ0) is 12.8. The SMILES string of the molecule is Cc1nc(C#N)c(C#N)n1CCCOC(C)C. The molecule has 0 aliphatic heterocycles. The van der Waals surface area contributed by atoms with Gasteiger partial charge in [0.15, 0.2) is 11.4 Å². The van der Waals surface area contributed by atoms with Gasteiger partial charge in [0.2, 0.25) is 0 Å². The maximum absolute atomic E-state index is 9.00. The largest absolute Gasteiger partial charge is 0.379 e. The predicted octanol–water partition coefficient (Wildman–Crippen LogP) is 1.75. The Hall–Kier alpha value is -1.85. The lowest BCUT2D eigenvalue weighted by Crippen LogP contribution is -2.09. The van der Waals surface area contributed by atoms with E-state index in [-0.39, 0.29) is 11.8 Å². The number of ether oxygens (including phenoxy) is 1.